The molecule has 1 amide bonds. The molecule has 1 N–H and O–H groups in total. The van der Waals surface area contributed by atoms with Gasteiger partial charge in [0.15, 0.2) is 0 Å². The number of para-hydroxylation sites is 2. The topological polar surface area (TPSA) is 87.8 Å². The second kappa shape index (κ2) is 11.9. The zero-order valence-electron chi connectivity index (χ0n) is 22.6. The highest BCUT2D eigenvalue weighted by molar-refractivity contribution is 5.80. The molecule has 4 aromatic rings. The second-order valence-corrected chi connectivity index (χ2v) is 10.6. The molecule has 0 unspecified atom stereocenters. The van der Waals surface area contributed by atoms with Crippen molar-refractivity contribution in [3.8, 4) is 0 Å². The molecule has 0 aliphatic carbocycles. The van der Waals surface area contributed by atoms with Gasteiger partial charge in [-0.15, -0.1) is 10.2 Å². The maximum atomic E-state index is 14.1. The summed E-state index contributed by atoms with van der Waals surface area (Å²) >= 11 is 0. The van der Waals surface area contributed by atoms with Crippen LogP contribution in [0.3, 0.4) is 0 Å². The monoisotopic (exact) mass is 533 g/mol. The van der Waals surface area contributed by atoms with E-state index in [1.54, 1.807) is 10.6 Å². The number of aromatic nitrogens is 4. The van der Waals surface area contributed by atoms with Gasteiger partial charge in [-0.1, -0.05) is 38.1 Å². The Bertz CT molecular complexity index is 1500. The van der Waals surface area contributed by atoms with Crippen LogP contribution in [0.4, 0.5) is 10.1 Å². The third-order valence-electron chi connectivity index (χ3n) is 7.24. The van der Waals surface area contributed by atoms with Gasteiger partial charge in [0.05, 0.1) is 16.6 Å². The maximum absolute atomic E-state index is 14.1. The van der Waals surface area contributed by atoms with E-state index in [0.29, 0.717) is 48.6 Å². The Hall–Kier alpha value is -3.79. The second-order valence-electron chi connectivity index (χ2n) is 10.6. The van der Waals surface area contributed by atoms with Gasteiger partial charge in [-0.25, -0.2) is 4.39 Å². The number of halogens is 1. The van der Waals surface area contributed by atoms with E-state index in [1.807, 2.05) is 40.8 Å². The van der Waals surface area contributed by atoms with Gasteiger partial charge in [0.2, 0.25) is 11.7 Å². The fourth-order valence-electron chi connectivity index (χ4n) is 5.27. The SMILES string of the molecule is CC(C)Cn1c(=O)c2ccccc2n2c(CCC(=O)NCCCN3CCN(c4ccccc4F)CC3)nnc12. The Labute approximate surface area is 227 Å². The highest BCUT2D eigenvalue weighted by atomic mass is 19.1. The fourth-order valence-corrected chi connectivity index (χ4v) is 5.27. The lowest BCUT2D eigenvalue weighted by molar-refractivity contribution is -0.121. The average molecular weight is 534 g/mol. The Morgan fingerprint density at radius 2 is 1.77 bits per heavy atom. The molecule has 0 bridgehead atoms. The number of rotatable bonds is 10. The molecule has 0 radical (unpaired) electrons. The van der Waals surface area contributed by atoms with Gasteiger partial charge in [-0.3, -0.25) is 23.5 Å². The average Bonchev–Trinajstić information content (AvgIpc) is 3.37. The number of amides is 1. The van der Waals surface area contributed by atoms with Crippen LogP contribution in [0.2, 0.25) is 0 Å². The number of anilines is 1. The van der Waals surface area contributed by atoms with Crippen LogP contribution in [0.25, 0.3) is 16.7 Å². The third kappa shape index (κ3) is 5.95. The summed E-state index contributed by atoms with van der Waals surface area (Å²) in [5, 5.41) is 12.3. The lowest BCUT2D eigenvalue weighted by Crippen LogP contribution is -2.47. The molecule has 2 aromatic heterocycles. The fraction of sp³-hybridized carbons (Fsp3) is 0.448. The van der Waals surface area contributed by atoms with Crippen LogP contribution >= 0.6 is 0 Å². The van der Waals surface area contributed by atoms with Crippen molar-refractivity contribution in [2.45, 2.75) is 39.7 Å². The minimum Gasteiger partial charge on any atom is -0.367 e. The minimum atomic E-state index is -0.175. The van der Waals surface area contributed by atoms with E-state index in [1.165, 1.54) is 6.07 Å². The van der Waals surface area contributed by atoms with Crippen LogP contribution in [0, 0.1) is 11.7 Å². The Morgan fingerprint density at radius 1 is 1.03 bits per heavy atom. The standard InChI is InChI=1S/C29H36FN7O2/c1-21(2)20-36-28(39)22-8-3-5-10-24(22)37-26(32-33-29(36)37)12-13-27(38)31-14-7-15-34-16-18-35(19-17-34)25-11-6-4-9-23(25)30/h3-6,8-11,21H,7,12-20H2,1-2H3,(H,31,38). The normalized spacial score (nSPS) is 14.5. The number of nitrogens with zero attached hydrogens (tertiary/aromatic N) is 6. The molecule has 10 heteroatoms. The zero-order chi connectivity index (χ0) is 27.4. The molecule has 0 spiro atoms. The Kier molecular flexibility index (Phi) is 8.21. The van der Waals surface area contributed by atoms with Gasteiger partial charge in [-0.2, -0.15) is 0 Å². The summed E-state index contributed by atoms with van der Waals surface area (Å²) in [6.07, 6.45) is 1.57. The van der Waals surface area contributed by atoms with Crippen LogP contribution in [0.1, 0.15) is 32.5 Å². The molecule has 5 rings (SSSR count). The van der Waals surface area contributed by atoms with Gasteiger partial charge < -0.3 is 10.2 Å². The molecule has 0 atom stereocenters. The number of hydrogen-bond acceptors (Lipinski definition) is 6. The number of benzene rings is 2. The zero-order valence-corrected chi connectivity index (χ0v) is 22.6. The summed E-state index contributed by atoms with van der Waals surface area (Å²) < 4.78 is 17.6. The summed E-state index contributed by atoms with van der Waals surface area (Å²) in [5.74, 6) is 1.25. The van der Waals surface area contributed by atoms with E-state index < -0.39 is 0 Å². The van der Waals surface area contributed by atoms with E-state index in [-0.39, 0.29) is 23.2 Å². The first-order chi connectivity index (χ1) is 18.9. The largest absolute Gasteiger partial charge is 0.367 e. The Morgan fingerprint density at radius 3 is 2.54 bits per heavy atom. The quantitative estimate of drug-likeness (QED) is 0.315. The summed E-state index contributed by atoms with van der Waals surface area (Å²) in [6, 6.07) is 14.4. The molecule has 9 nitrogen and oxygen atoms in total. The predicted octanol–water partition coefficient (Wildman–Crippen LogP) is 3.10. The van der Waals surface area contributed by atoms with E-state index >= 15 is 0 Å². The number of carbonyl (C=O) groups excluding carboxylic acids is 1. The molecule has 1 fully saturated rings. The van der Waals surface area contributed by atoms with Crippen LogP contribution < -0.4 is 15.8 Å². The molecule has 3 heterocycles. The first-order valence-corrected chi connectivity index (χ1v) is 13.8. The number of nitrogens with one attached hydrogen (secondary N) is 1. The van der Waals surface area contributed by atoms with Crippen molar-refractivity contribution in [1.29, 1.82) is 0 Å². The van der Waals surface area contributed by atoms with Crippen LogP contribution in [0.15, 0.2) is 53.3 Å². The molecule has 2 aromatic carbocycles. The van der Waals surface area contributed by atoms with Crippen molar-refractivity contribution in [2.24, 2.45) is 5.92 Å². The molecular formula is C29H36FN7O2. The van der Waals surface area contributed by atoms with Crippen molar-refractivity contribution in [2.75, 3.05) is 44.2 Å². The molecular weight excluding hydrogens is 497 g/mol. The van der Waals surface area contributed by atoms with E-state index in [9.17, 15) is 14.0 Å². The van der Waals surface area contributed by atoms with Gasteiger partial charge in [0.1, 0.15) is 11.6 Å². The summed E-state index contributed by atoms with van der Waals surface area (Å²) in [6.45, 7) is 9.49. The van der Waals surface area contributed by atoms with E-state index in [0.717, 1.165) is 44.7 Å². The van der Waals surface area contributed by atoms with E-state index in [4.69, 9.17) is 0 Å². The van der Waals surface area contributed by atoms with Crippen LogP contribution in [-0.4, -0.2) is 69.2 Å². The number of piperazine rings is 1. The number of aryl methyl sites for hydroxylation is 1. The minimum absolute atomic E-state index is 0.0315. The summed E-state index contributed by atoms with van der Waals surface area (Å²) in [5.41, 5.74) is 1.35. The highest BCUT2D eigenvalue weighted by Gasteiger charge is 2.20. The molecule has 1 saturated heterocycles. The summed E-state index contributed by atoms with van der Waals surface area (Å²) in [4.78, 5) is 30.2. The molecule has 206 valence electrons. The summed E-state index contributed by atoms with van der Waals surface area (Å²) in [7, 11) is 0. The lowest BCUT2D eigenvalue weighted by atomic mass is 10.2. The van der Waals surface area contributed by atoms with Crippen molar-refractivity contribution in [3.63, 3.8) is 0 Å². The molecule has 1 aliphatic rings. The van der Waals surface area contributed by atoms with Crippen molar-refractivity contribution >= 4 is 28.3 Å². The first kappa shape index (κ1) is 26.8. The lowest BCUT2D eigenvalue weighted by Gasteiger charge is -2.36. The van der Waals surface area contributed by atoms with Crippen molar-refractivity contribution in [3.05, 3.63) is 70.5 Å². The van der Waals surface area contributed by atoms with E-state index in [2.05, 4.69) is 39.2 Å². The number of carbonyl (C=O) groups is 1. The van der Waals surface area contributed by atoms with Crippen LogP contribution in [-0.2, 0) is 17.8 Å². The van der Waals surface area contributed by atoms with Crippen molar-refractivity contribution < 1.29 is 9.18 Å². The number of hydrogen-bond donors (Lipinski definition) is 1. The molecule has 0 saturated carbocycles. The van der Waals surface area contributed by atoms with Crippen molar-refractivity contribution in [1.82, 2.24) is 29.4 Å². The van der Waals surface area contributed by atoms with Gasteiger partial charge >= 0.3 is 0 Å². The predicted molar refractivity (Wildman–Crippen MR) is 151 cm³/mol. The third-order valence-corrected chi connectivity index (χ3v) is 7.24. The maximum Gasteiger partial charge on any atom is 0.262 e. The number of fused-ring (bicyclic) bond motifs is 3. The molecule has 1 aliphatic heterocycles. The highest BCUT2D eigenvalue weighted by Crippen LogP contribution is 2.20. The molecule has 39 heavy (non-hydrogen) atoms. The van der Waals surface area contributed by atoms with Crippen LogP contribution in [0.5, 0.6) is 0 Å². The van der Waals surface area contributed by atoms with Gasteiger partial charge in [-0.05, 0) is 43.1 Å². The van der Waals surface area contributed by atoms with Gasteiger partial charge in [0, 0.05) is 52.1 Å². The Balaban J connectivity index is 1.12. The first-order valence-electron chi connectivity index (χ1n) is 13.8. The smallest absolute Gasteiger partial charge is 0.262 e. The van der Waals surface area contributed by atoms with Gasteiger partial charge in [0.25, 0.3) is 5.56 Å².